The molecule has 0 saturated heterocycles. The smallest absolute Gasteiger partial charge is 0.294 e. The molecular weight excluding hydrogens is 437 g/mol. The van der Waals surface area contributed by atoms with Crippen LogP contribution in [0.5, 0.6) is 0 Å². The van der Waals surface area contributed by atoms with Crippen LogP contribution in [0.4, 0.5) is 24.5 Å². The van der Waals surface area contributed by atoms with E-state index in [2.05, 4.69) is 0 Å². The number of nitro groups is 1. The van der Waals surface area contributed by atoms with Gasteiger partial charge in [0, 0.05) is 42.2 Å². The second kappa shape index (κ2) is 7.83. The Balaban J connectivity index is 1.85. The average molecular weight is 458 g/mol. The molecule has 4 rings (SSSR count). The fourth-order valence-electron chi connectivity index (χ4n) is 4.65. The topological polar surface area (TPSA) is 80.5 Å². The van der Waals surface area contributed by atoms with Gasteiger partial charge in [-0.25, -0.2) is 0 Å². The van der Waals surface area contributed by atoms with E-state index in [1.165, 1.54) is 35.2 Å². The van der Waals surface area contributed by atoms with Crippen molar-refractivity contribution in [3.8, 4) is 0 Å². The number of ketones is 1. The molecule has 2 aromatic rings. The van der Waals surface area contributed by atoms with Crippen LogP contribution in [0.3, 0.4) is 0 Å². The molecule has 1 aliphatic carbocycles. The summed E-state index contributed by atoms with van der Waals surface area (Å²) in [6, 6.07) is 10.2. The highest BCUT2D eigenvalue weighted by atomic mass is 19.4. The van der Waals surface area contributed by atoms with Crippen LogP contribution >= 0.6 is 0 Å². The molecular formula is C24H21F3N2O4. The number of carbonyl (C=O) groups is 2. The van der Waals surface area contributed by atoms with Crippen molar-refractivity contribution in [3.05, 3.63) is 81.0 Å². The molecule has 33 heavy (non-hydrogen) atoms. The van der Waals surface area contributed by atoms with Gasteiger partial charge in [0.2, 0.25) is 5.91 Å². The Kier molecular flexibility index (Phi) is 5.38. The molecule has 2 aromatic carbocycles. The van der Waals surface area contributed by atoms with Crippen LogP contribution in [0.1, 0.15) is 50.2 Å². The molecule has 0 aromatic heterocycles. The predicted molar refractivity (Wildman–Crippen MR) is 114 cm³/mol. The second-order valence-electron chi connectivity index (χ2n) is 9.18. The molecule has 0 spiro atoms. The molecule has 0 N–H and O–H groups in total. The summed E-state index contributed by atoms with van der Waals surface area (Å²) in [4.78, 5) is 38.6. The lowest BCUT2D eigenvalue weighted by Crippen LogP contribution is -2.43. The molecule has 1 amide bonds. The minimum atomic E-state index is -4.49. The third kappa shape index (κ3) is 4.27. The Morgan fingerprint density at radius 2 is 1.73 bits per heavy atom. The first-order chi connectivity index (χ1) is 15.4. The number of non-ortho nitro benzene ring substituents is 1. The van der Waals surface area contributed by atoms with Crippen LogP contribution in [0.2, 0.25) is 0 Å². The zero-order valence-electron chi connectivity index (χ0n) is 18.0. The normalized spacial score (nSPS) is 20.6. The Morgan fingerprint density at radius 3 is 2.33 bits per heavy atom. The Labute approximate surface area is 187 Å². The summed E-state index contributed by atoms with van der Waals surface area (Å²) in [5.41, 5.74) is 0.148. The largest absolute Gasteiger partial charge is 0.416 e. The Morgan fingerprint density at radius 1 is 1.06 bits per heavy atom. The first kappa shape index (κ1) is 22.7. The summed E-state index contributed by atoms with van der Waals surface area (Å²) < 4.78 is 39.0. The van der Waals surface area contributed by atoms with Crippen molar-refractivity contribution in [2.45, 2.75) is 45.2 Å². The van der Waals surface area contributed by atoms with Crippen molar-refractivity contribution in [1.82, 2.24) is 0 Å². The van der Waals surface area contributed by atoms with Crippen LogP contribution in [0.25, 0.3) is 0 Å². The molecule has 9 heteroatoms. The van der Waals surface area contributed by atoms with Crippen LogP contribution in [0.15, 0.2) is 59.8 Å². The number of benzene rings is 2. The van der Waals surface area contributed by atoms with E-state index in [1.54, 1.807) is 6.07 Å². The maximum absolute atomic E-state index is 13.3. The van der Waals surface area contributed by atoms with E-state index >= 15 is 0 Å². The van der Waals surface area contributed by atoms with E-state index in [0.29, 0.717) is 23.3 Å². The predicted octanol–water partition coefficient (Wildman–Crippen LogP) is 5.78. The third-order valence-corrected chi connectivity index (χ3v) is 6.08. The highest BCUT2D eigenvalue weighted by molar-refractivity contribution is 6.07. The van der Waals surface area contributed by atoms with Crippen LogP contribution in [0, 0.1) is 15.5 Å². The van der Waals surface area contributed by atoms with Crippen molar-refractivity contribution < 1.29 is 27.7 Å². The summed E-state index contributed by atoms with van der Waals surface area (Å²) in [5, 5.41) is 11.2. The molecule has 0 fully saturated rings. The SMILES string of the molecule is CC1(C)CC(=O)C2=C(C1)N(c1cccc([N+](=O)[O-])c1)C(=O)CC2c1ccc(C(F)(F)F)cc1. The van der Waals surface area contributed by atoms with E-state index in [1.807, 2.05) is 13.8 Å². The van der Waals surface area contributed by atoms with E-state index in [9.17, 15) is 32.9 Å². The van der Waals surface area contributed by atoms with Gasteiger partial charge in [-0.2, -0.15) is 13.2 Å². The zero-order valence-corrected chi connectivity index (χ0v) is 18.0. The van der Waals surface area contributed by atoms with E-state index in [4.69, 9.17) is 0 Å². The molecule has 1 heterocycles. The summed E-state index contributed by atoms with van der Waals surface area (Å²) in [6.45, 7) is 3.79. The van der Waals surface area contributed by atoms with Crippen molar-refractivity contribution in [2.75, 3.05) is 4.90 Å². The van der Waals surface area contributed by atoms with Gasteiger partial charge in [0.05, 0.1) is 16.2 Å². The number of hydrogen-bond acceptors (Lipinski definition) is 4. The maximum Gasteiger partial charge on any atom is 0.416 e. The minimum Gasteiger partial charge on any atom is -0.294 e. The van der Waals surface area contributed by atoms with E-state index in [0.717, 1.165) is 12.1 Å². The van der Waals surface area contributed by atoms with Gasteiger partial charge in [-0.1, -0.05) is 32.0 Å². The summed E-state index contributed by atoms with van der Waals surface area (Å²) in [7, 11) is 0. The van der Waals surface area contributed by atoms with Gasteiger partial charge >= 0.3 is 6.18 Å². The van der Waals surface area contributed by atoms with Crippen molar-refractivity contribution in [3.63, 3.8) is 0 Å². The fraction of sp³-hybridized carbons (Fsp3) is 0.333. The number of Topliss-reactive ketones (excluding diaryl/α,β-unsaturated/α-hetero) is 1. The van der Waals surface area contributed by atoms with Gasteiger partial charge < -0.3 is 0 Å². The van der Waals surface area contributed by atoms with Crippen molar-refractivity contribution >= 4 is 23.1 Å². The number of rotatable bonds is 3. The minimum absolute atomic E-state index is 0.126. The quantitative estimate of drug-likeness (QED) is 0.432. The molecule has 0 saturated carbocycles. The number of anilines is 1. The molecule has 1 atom stereocenters. The maximum atomic E-state index is 13.3. The number of hydrogen-bond donors (Lipinski definition) is 0. The molecule has 1 unspecified atom stereocenters. The number of carbonyl (C=O) groups excluding carboxylic acids is 2. The van der Waals surface area contributed by atoms with E-state index in [-0.39, 0.29) is 35.9 Å². The lowest BCUT2D eigenvalue weighted by atomic mass is 9.69. The summed E-state index contributed by atoms with van der Waals surface area (Å²) in [6.07, 6.45) is -4.01. The zero-order chi connectivity index (χ0) is 24.1. The average Bonchev–Trinajstić information content (AvgIpc) is 2.71. The van der Waals surface area contributed by atoms with Gasteiger partial charge in [-0.15, -0.1) is 0 Å². The lowest BCUT2D eigenvalue weighted by molar-refractivity contribution is -0.384. The highest BCUT2D eigenvalue weighted by Crippen LogP contribution is 2.48. The number of nitrogens with zero attached hydrogens (tertiary/aromatic N) is 2. The Bertz CT molecular complexity index is 1180. The van der Waals surface area contributed by atoms with Gasteiger partial charge in [0.1, 0.15) is 0 Å². The fourth-order valence-corrected chi connectivity index (χ4v) is 4.65. The number of allylic oxidation sites excluding steroid dienone is 2. The molecule has 6 nitrogen and oxygen atoms in total. The number of amides is 1. The molecule has 1 aliphatic heterocycles. The second-order valence-corrected chi connectivity index (χ2v) is 9.18. The van der Waals surface area contributed by atoms with Gasteiger partial charge in [-0.05, 0) is 35.6 Å². The van der Waals surface area contributed by atoms with Gasteiger partial charge in [-0.3, -0.25) is 24.6 Å². The summed E-state index contributed by atoms with van der Waals surface area (Å²) in [5.74, 6) is -1.22. The van der Waals surface area contributed by atoms with Gasteiger partial charge in [0.25, 0.3) is 5.69 Å². The third-order valence-electron chi connectivity index (χ3n) is 6.08. The molecule has 0 bridgehead atoms. The monoisotopic (exact) mass is 458 g/mol. The van der Waals surface area contributed by atoms with Crippen molar-refractivity contribution in [1.29, 1.82) is 0 Å². The van der Waals surface area contributed by atoms with Crippen LogP contribution < -0.4 is 4.90 Å². The Hall–Kier alpha value is -3.49. The van der Waals surface area contributed by atoms with Crippen LogP contribution in [-0.4, -0.2) is 16.6 Å². The van der Waals surface area contributed by atoms with Gasteiger partial charge in [0.15, 0.2) is 5.78 Å². The van der Waals surface area contributed by atoms with Crippen molar-refractivity contribution in [2.24, 2.45) is 5.41 Å². The first-order valence-electron chi connectivity index (χ1n) is 10.4. The lowest BCUT2D eigenvalue weighted by Gasteiger charge is -2.42. The molecule has 0 radical (unpaired) electrons. The standard InChI is InChI=1S/C24H21F3N2O4/c1-23(2)12-19-22(20(30)13-23)18(14-6-8-15(9-7-14)24(25,26)27)11-21(31)28(19)16-4-3-5-17(10-16)29(32)33/h3-10,18H,11-13H2,1-2H3. The number of halogens is 3. The number of nitro benzene ring substituents is 1. The summed E-state index contributed by atoms with van der Waals surface area (Å²) >= 11 is 0. The molecule has 2 aliphatic rings. The van der Waals surface area contributed by atoms with E-state index < -0.39 is 28.0 Å². The first-order valence-corrected chi connectivity index (χ1v) is 10.4. The van der Waals surface area contributed by atoms with Crippen LogP contribution in [-0.2, 0) is 15.8 Å². The number of alkyl halides is 3. The molecule has 172 valence electrons. The highest BCUT2D eigenvalue weighted by Gasteiger charge is 2.44.